The van der Waals surface area contributed by atoms with Crippen LogP contribution < -0.4 is 10.6 Å². The Bertz CT molecular complexity index is 836. The molecule has 2 heterocycles. The van der Waals surface area contributed by atoms with Crippen LogP contribution in [-0.4, -0.2) is 33.9 Å². The van der Waals surface area contributed by atoms with Gasteiger partial charge in [0.15, 0.2) is 0 Å². The largest absolute Gasteiger partial charge is 0.346 e. The number of nitrogens with zero attached hydrogens (tertiary/aromatic N) is 2. The first-order chi connectivity index (χ1) is 13.3. The monoisotopic (exact) mass is 460 g/mol. The predicted octanol–water partition coefficient (Wildman–Crippen LogP) is 4.56. The molecule has 2 atom stereocenters. The van der Waals surface area contributed by atoms with Crippen LogP contribution in [-0.2, 0) is 0 Å². The maximum Gasteiger partial charge on any atom is 0.271 e. The zero-order valence-electron chi connectivity index (χ0n) is 14.5. The summed E-state index contributed by atoms with van der Waals surface area (Å²) in [7, 11) is 0. The van der Waals surface area contributed by atoms with Crippen molar-refractivity contribution in [1.82, 2.24) is 20.6 Å². The van der Waals surface area contributed by atoms with Gasteiger partial charge in [-0.2, -0.15) is 0 Å². The Labute approximate surface area is 181 Å². The van der Waals surface area contributed by atoms with Crippen LogP contribution in [0.5, 0.6) is 0 Å². The third kappa shape index (κ3) is 5.06. The fourth-order valence-corrected chi connectivity index (χ4v) is 3.78. The van der Waals surface area contributed by atoms with Crippen molar-refractivity contribution in [3.05, 3.63) is 56.0 Å². The van der Waals surface area contributed by atoms with Crippen LogP contribution in [0.25, 0.3) is 0 Å². The molecule has 1 fully saturated rings. The first-order valence-corrected chi connectivity index (χ1v) is 10.1. The van der Waals surface area contributed by atoms with Crippen molar-refractivity contribution in [3.8, 4) is 0 Å². The average molecular weight is 462 g/mol. The molecule has 1 aliphatic carbocycles. The number of nitrogens with one attached hydrogen (secondary N) is 2. The molecule has 0 saturated heterocycles. The smallest absolute Gasteiger partial charge is 0.271 e. The first-order valence-electron chi connectivity index (χ1n) is 8.61. The summed E-state index contributed by atoms with van der Waals surface area (Å²) in [6.45, 7) is 0. The maximum absolute atomic E-state index is 12.6. The van der Waals surface area contributed by atoms with Crippen LogP contribution in [0.15, 0.2) is 24.3 Å². The third-order valence-corrected chi connectivity index (χ3v) is 5.48. The molecule has 0 aromatic carbocycles. The van der Waals surface area contributed by atoms with Crippen molar-refractivity contribution in [2.75, 3.05) is 0 Å². The van der Waals surface area contributed by atoms with E-state index in [2.05, 4.69) is 20.6 Å². The summed E-state index contributed by atoms with van der Waals surface area (Å²) in [6.07, 6.45) is 3.24. The Balaban J connectivity index is 1.73. The van der Waals surface area contributed by atoms with Crippen molar-refractivity contribution in [1.29, 1.82) is 0 Å². The first kappa shape index (κ1) is 21.1. The zero-order chi connectivity index (χ0) is 20.3. The van der Waals surface area contributed by atoms with Gasteiger partial charge in [-0.1, -0.05) is 59.2 Å². The van der Waals surface area contributed by atoms with Gasteiger partial charge >= 0.3 is 0 Å². The summed E-state index contributed by atoms with van der Waals surface area (Å²) in [5, 5.41) is 6.54. The van der Waals surface area contributed by atoms with Gasteiger partial charge in [-0.25, -0.2) is 9.97 Å². The Morgan fingerprint density at radius 1 is 0.750 bits per heavy atom. The van der Waals surface area contributed by atoms with Crippen molar-refractivity contribution in [3.63, 3.8) is 0 Å². The number of pyridine rings is 2. The molecule has 10 heteroatoms. The molecule has 2 N–H and O–H groups in total. The van der Waals surface area contributed by atoms with Crippen molar-refractivity contribution >= 4 is 58.2 Å². The number of halogens is 4. The highest BCUT2D eigenvalue weighted by atomic mass is 35.5. The van der Waals surface area contributed by atoms with E-state index in [1.807, 2.05) is 0 Å². The topological polar surface area (TPSA) is 84.0 Å². The summed E-state index contributed by atoms with van der Waals surface area (Å²) < 4.78 is 0. The molecule has 2 unspecified atom stereocenters. The van der Waals surface area contributed by atoms with E-state index in [-0.39, 0.29) is 43.8 Å². The molecule has 2 amide bonds. The molecule has 6 nitrogen and oxygen atoms in total. The van der Waals surface area contributed by atoms with E-state index in [0.29, 0.717) is 12.8 Å². The average Bonchev–Trinajstić information content (AvgIpc) is 2.67. The fraction of sp³-hybridized carbons (Fsp3) is 0.333. The molecule has 28 heavy (non-hydrogen) atoms. The standard InChI is InChI=1S/C18H16Cl4N4O2/c19-9-5-7-13(21)25-15(9)17(27)23-11-3-1-2-4-12(11)24-18(28)16-10(20)6-8-14(22)26-16/h5-8,11-12H,1-4H2,(H,23,27)(H,24,28). The Morgan fingerprint density at radius 3 is 1.54 bits per heavy atom. The highest BCUT2D eigenvalue weighted by Crippen LogP contribution is 2.23. The molecule has 1 aliphatic rings. The van der Waals surface area contributed by atoms with Crippen LogP contribution in [0.3, 0.4) is 0 Å². The van der Waals surface area contributed by atoms with E-state index < -0.39 is 11.8 Å². The fourth-order valence-electron chi connectivity index (χ4n) is 3.11. The second-order valence-electron chi connectivity index (χ2n) is 6.37. The van der Waals surface area contributed by atoms with E-state index in [9.17, 15) is 9.59 Å². The Hall–Kier alpha value is -1.60. The normalized spacial score (nSPS) is 19.1. The predicted molar refractivity (Wildman–Crippen MR) is 109 cm³/mol. The molecule has 0 radical (unpaired) electrons. The minimum absolute atomic E-state index is 0.0457. The van der Waals surface area contributed by atoms with Crippen LogP contribution in [0.2, 0.25) is 20.4 Å². The van der Waals surface area contributed by atoms with E-state index in [1.165, 1.54) is 24.3 Å². The van der Waals surface area contributed by atoms with Crippen molar-refractivity contribution in [2.24, 2.45) is 0 Å². The second kappa shape index (κ2) is 9.27. The van der Waals surface area contributed by atoms with Crippen molar-refractivity contribution < 1.29 is 9.59 Å². The number of carbonyl (C=O) groups excluding carboxylic acids is 2. The summed E-state index contributed by atoms with van der Waals surface area (Å²) >= 11 is 23.8. The van der Waals surface area contributed by atoms with Crippen LogP contribution >= 0.6 is 46.4 Å². The molecule has 0 spiro atoms. The van der Waals surface area contributed by atoms with Gasteiger partial charge in [0.25, 0.3) is 11.8 Å². The zero-order valence-corrected chi connectivity index (χ0v) is 17.5. The van der Waals surface area contributed by atoms with E-state index >= 15 is 0 Å². The number of hydrogen-bond acceptors (Lipinski definition) is 4. The summed E-state index contributed by atoms with van der Waals surface area (Å²) in [5.74, 6) is -0.893. The van der Waals surface area contributed by atoms with Gasteiger partial charge in [0.2, 0.25) is 0 Å². The van der Waals surface area contributed by atoms with Gasteiger partial charge in [0.05, 0.1) is 10.0 Å². The van der Waals surface area contributed by atoms with Gasteiger partial charge < -0.3 is 10.6 Å². The van der Waals surface area contributed by atoms with Gasteiger partial charge in [-0.15, -0.1) is 0 Å². The van der Waals surface area contributed by atoms with Gasteiger partial charge in [-0.05, 0) is 37.1 Å². The molecule has 0 bridgehead atoms. The molecule has 2 aromatic heterocycles. The number of carbonyl (C=O) groups is 2. The minimum Gasteiger partial charge on any atom is -0.346 e. The second-order valence-corrected chi connectivity index (χ2v) is 7.96. The van der Waals surface area contributed by atoms with Crippen LogP contribution in [0.1, 0.15) is 46.7 Å². The Kier molecular flexibility index (Phi) is 6.99. The third-order valence-electron chi connectivity index (χ3n) is 4.45. The molecular weight excluding hydrogens is 446 g/mol. The van der Waals surface area contributed by atoms with E-state index in [4.69, 9.17) is 46.4 Å². The van der Waals surface area contributed by atoms with E-state index in [0.717, 1.165) is 12.8 Å². The number of rotatable bonds is 4. The maximum atomic E-state index is 12.6. The lowest BCUT2D eigenvalue weighted by molar-refractivity contribution is 0.0858. The summed E-state index contributed by atoms with van der Waals surface area (Å²) in [6, 6.07) is 5.45. The lowest BCUT2D eigenvalue weighted by atomic mass is 9.90. The molecule has 2 aromatic rings. The van der Waals surface area contributed by atoms with Crippen molar-refractivity contribution in [2.45, 2.75) is 37.8 Å². The number of aromatic nitrogens is 2. The highest BCUT2D eigenvalue weighted by Gasteiger charge is 2.30. The summed E-state index contributed by atoms with van der Waals surface area (Å²) in [4.78, 5) is 33.2. The van der Waals surface area contributed by atoms with Gasteiger partial charge in [0, 0.05) is 12.1 Å². The number of amides is 2. The Morgan fingerprint density at radius 2 is 1.14 bits per heavy atom. The quantitative estimate of drug-likeness (QED) is 0.653. The molecule has 0 aliphatic heterocycles. The van der Waals surface area contributed by atoms with Crippen LogP contribution in [0.4, 0.5) is 0 Å². The van der Waals surface area contributed by atoms with E-state index in [1.54, 1.807) is 0 Å². The molecular formula is C18H16Cl4N4O2. The van der Waals surface area contributed by atoms with Gasteiger partial charge in [0.1, 0.15) is 21.7 Å². The van der Waals surface area contributed by atoms with Crippen LogP contribution in [0, 0.1) is 0 Å². The minimum atomic E-state index is -0.447. The molecule has 1 saturated carbocycles. The number of hydrogen-bond donors (Lipinski definition) is 2. The lowest BCUT2D eigenvalue weighted by Crippen LogP contribution is -2.53. The molecule has 148 valence electrons. The highest BCUT2D eigenvalue weighted by molar-refractivity contribution is 6.35. The van der Waals surface area contributed by atoms with Gasteiger partial charge in [-0.3, -0.25) is 9.59 Å². The SMILES string of the molecule is O=C(NC1CCCCC1NC(=O)c1nc(Cl)ccc1Cl)c1nc(Cl)ccc1Cl. The molecule has 3 rings (SSSR count). The lowest BCUT2D eigenvalue weighted by Gasteiger charge is -2.32. The summed E-state index contributed by atoms with van der Waals surface area (Å²) in [5.41, 5.74) is 0.0914.